The van der Waals surface area contributed by atoms with Crippen LogP contribution in [-0.2, 0) is 7.05 Å². The van der Waals surface area contributed by atoms with Gasteiger partial charge in [0, 0.05) is 13.2 Å². The molecule has 0 aromatic carbocycles. The zero-order chi connectivity index (χ0) is 8.27. The van der Waals surface area contributed by atoms with Crippen molar-refractivity contribution in [1.29, 1.82) is 5.26 Å². The van der Waals surface area contributed by atoms with E-state index in [0.29, 0.717) is 5.69 Å². The fourth-order valence-electron chi connectivity index (χ4n) is 0.902. The Hall–Kier alpha value is -1.34. The molecule has 0 spiro atoms. The number of aliphatic hydroxyl groups excluding tert-OH is 1. The molecule has 1 aromatic heterocycles. The average Bonchev–Trinajstić information content (AvgIpc) is 2.36. The van der Waals surface area contributed by atoms with Gasteiger partial charge in [-0.25, -0.2) is 0 Å². The summed E-state index contributed by atoms with van der Waals surface area (Å²) in [6.07, 6.45) is 0.989. The summed E-state index contributed by atoms with van der Waals surface area (Å²) in [4.78, 5) is 0. The first-order valence-corrected chi connectivity index (χ1v) is 3.28. The molecule has 0 radical (unpaired) electrons. The van der Waals surface area contributed by atoms with Gasteiger partial charge in [0.05, 0.1) is 18.2 Å². The van der Waals surface area contributed by atoms with E-state index >= 15 is 0 Å². The second kappa shape index (κ2) is 3.17. The van der Waals surface area contributed by atoms with Gasteiger partial charge in [0.2, 0.25) is 0 Å². The number of aromatic nitrogens is 2. The average molecular weight is 151 g/mol. The zero-order valence-electron chi connectivity index (χ0n) is 6.23. The Bertz CT molecular complexity index is 273. The Morgan fingerprint density at radius 1 is 1.91 bits per heavy atom. The summed E-state index contributed by atoms with van der Waals surface area (Å²) in [6.45, 7) is 0. The van der Waals surface area contributed by atoms with Crippen molar-refractivity contribution < 1.29 is 5.11 Å². The third kappa shape index (κ3) is 1.57. The molecule has 58 valence electrons. The number of nitrogens with zero attached hydrogens (tertiary/aromatic N) is 3. The molecule has 1 atom stereocenters. The van der Waals surface area contributed by atoms with E-state index in [9.17, 15) is 5.11 Å². The molecule has 4 heteroatoms. The second-order valence-corrected chi connectivity index (χ2v) is 2.26. The fourth-order valence-corrected chi connectivity index (χ4v) is 0.902. The molecule has 1 rings (SSSR count). The molecule has 1 aromatic rings. The minimum atomic E-state index is -0.715. The van der Waals surface area contributed by atoms with E-state index in [1.165, 1.54) is 0 Å². The lowest BCUT2D eigenvalue weighted by Gasteiger charge is -2.05. The van der Waals surface area contributed by atoms with Gasteiger partial charge in [0.15, 0.2) is 0 Å². The summed E-state index contributed by atoms with van der Waals surface area (Å²) in [5.74, 6) is 0. The van der Waals surface area contributed by atoms with Gasteiger partial charge in [0.1, 0.15) is 6.10 Å². The van der Waals surface area contributed by atoms with Crippen LogP contribution in [0.3, 0.4) is 0 Å². The third-order valence-electron chi connectivity index (χ3n) is 1.48. The van der Waals surface area contributed by atoms with Crippen molar-refractivity contribution in [2.75, 3.05) is 0 Å². The first-order valence-electron chi connectivity index (χ1n) is 3.28. The summed E-state index contributed by atoms with van der Waals surface area (Å²) < 4.78 is 1.56. The van der Waals surface area contributed by atoms with Crippen molar-refractivity contribution in [3.8, 4) is 6.07 Å². The SMILES string of the molecule is Cn1nccc1C(O)CC#N. The van der Waals surface area contributed by atoms with Crippen LogP contribution < -0.4 is 0 Å². The van der Waals surface area contributed by atoms with Gasteiger partial charge in [0.25, 0.3) is 0 Å². The monoisotopic (exact) mass is 151 g/mol. The van der Waals surface area contributed by atoms with Gasteiger partial charge in [-0.2, -0.15) is 10.4 Å². The first kappa shape index (κ1) is 7.76. The Kier molecular flexibility index (Phi) is 2.24. The minimum absolute atomic E-state index is 0.111. The molecule has 0 saturated heterocycles. The van der Waals surface area contributed by atoms with E-state index in [4.69, 9.17) is 5.26 Å². The maximum atomic E-state index is 9.31. The summed E-state index contributed by atoms with van der Waals surface area (Å²) in [7, 11) is 1.73. The van der Waals surface area contributed by atoms with Gasteiger partial charge >= 0.3 is 0 Å². The highest BCUT2D eigenvalue weighted by Crippen LogP contribution is 2.13. The summed E-state index contributed by atoms with van der Waals surface area (Å²) in [5.41, 5.74) is 0.673. The Balaban J connectivity index is 2.77. The molecule has 1 N–H and O–H groups in total. The lowest BCUT2D eigenvalue weighted by atomic mass is 10.2. The molecule has 0 saturated carbocycles. The molecule has 1 heterocycles. The lowest BCUT2D eigenvalue weighted by molar-refractivity contribution is 0.173. The summed E-state index contributed by atoms with van der Waals surface area (Å²) in [5, 5.41) is 21.5. The van der Waals surface area contributed by atoms with Gasteiger partial charge in [-0.05, 0) is 6.07 Å². The number of hydrogen-bond donors (Lipinski definition) is 1. The van der Waals surface area contributed by atoms with Crippen LogP contribution in [0.2, 0.25) is 0 Å². The molecule has 0 aliphatic carbocycles. The van der Waals surface area contributed by atoms with Crippen LogP contribution in [0.5, 0.6) is 0 Å². The molecule has 0 aliphatic heterocycles. The quantitative estimate of drug-likeness (QED) is 0.664. The van der Waals surface area contributed by atoms with E-state index in [1.54, 1.807) is 24.0 Å². The first-order chi connectivity index (χ1) is 5.25. The highest BCUT2D eigenvalue weighted by atomic mass is 16.3. The van der Waals surface area contributed by atoms with Gasteiger partial charge in [-0.3, -0.25) is 4.68 Å². The van der Waals surface area contributed by atoms with Crippen molar-refractivity contribution in [2.45, 2.75) is 12.5 Å². The van der Waals surface area contributed by atoms with Gasteiger partial charge in [-0.15, -0.1) is 0 Å². The lowest BCUT2D eigenvalue weighted by Crippen LogP contribution is -2.04. The Morgan fingerprint density at radius 2 is 2.64 bits per heavy atom. The number of aryl methyl sites for hydroxylation is 1. The van der Waals surface area contributed by atoms with Crippen molar-refractivity contribution in [3.05, 3.63) is 18.0 Å². The largest absolute Gasteiger partial charge is 0.386 e. The number of nitriles is 1. The predicted octanol–water partition coefficient (Wildman–Crippen LogP) is 0.367. The predicted molar refractivity (Wildman–Crippen MR) is 38.4 cm³/mol. The van der Waals surface area contributed by atoms with Crippen LogP contribution in [0.1, 0.15) is 18.2 Å². The number of aliphatic hydroxyl groups is 1. The summed E-state index contributed by atoms with van der Waals surface area (Å²) >= 11 is 0. The molecular formula is C7H9N3O. The van der Waals surface area contributed by atoms with Gasteiger partial charge in [-0.1, -0.05) is 0 Å². The van der Waals surface area contributed by atoms with Crippen LogP contribution in [0.15, 0.2) is 12.3 Å². The highest BCUT2D eigenvalue weighted by molar-refractivity contribution is 5.05. The maximum Gasteiger partial charge on any atom is 0.109 e. The molecular weight excluding hydrogens is 142 g/mol. The molecule has 0 bridgehead atoms. The van der Waals surface area contributed by atoms with Crippen molar-refractivity contribution in [2.24, 2.45) is 7.05 Å². The zero-order valence-corrected chi connectivity index (χ0v) is 6.23. The summed E-state index contributed by atoms with van der Waals surface area (Å²) in [6, 6.07) is 3.59. The van der Waals surface area contributed by atoms with E-state index in [-0.39, 0.29) is 6.42 Å². The van der Waals surface area contributed by atoms with Gasteiger partial charge < -0.3 is 5.11 Å². The van der Waals surface area contributed by atoms with Crippen LogP contribution in [0, 0.1) is 11.3 Å². The van der Waals surface area contributed by atoms with Crippen molar-refractivity contribution >= 4 is 0 Å². The standard InChI is InChI=1S/C7H9N3O/c1-10-6(3-5-9-10)7(11)2-4-8/h3,5,7,11H,2H2,1H3. The van der Waals surface area contributed by atoms with Crippen molar-refractivity contribution in [3.63, 3.8) is 0 Å². The molecule has 1 unspecified atom stereocenters. The van der Waals surface area contributed by atoms with E-state index in [1.807, 2.05) is 6.07 Å². The Morgan fingerprint density at radius 3 is 3.09 bits per heavy atom. The molecule has 4 nitrogen and oxygen atoms in total. The van der Waals surface area contributed by atoms with Crippen LogP contribution in [-0.4, -0.2) is 14.9 Å². The van der Waals surface area contributed by atoms with E-state index in [2.05, 4.69) is 5.10 Å². The minimum Gasteiger partial charge on any atom is -0.386 e. The highest BCUT2D eigenvalue weighted by Gasteiger charge is 2.09. The second-order valence-electron chi connectivity index (χ2n) is 2.26. The topological polar surface area (TPSA) is 61.8 Å². The van der Waals surface area contributed by atoms with E-state index < -0.39 is 6.10 Å². The van der Waals surface area contributed by atoms with Crippen LogP contribution >= 0.6 is 0 Å². The number of rotatable bonds is 2. The molecule has 0 fully saturated rings. The Labute approximate surface area is 64.7 Å². The van der Waals surface area contributed by atoms with Crippen LogP contribution in [0.4, 0.5) is 0 Å². The number of hydrogen-bond acceptors (Lipinski definition) is 3. The normalized spacial score (nSPS) is 12.5. The fraction of sp³-hybridized carbons (Fsp3) is 0.429. The maximum absolute atomic E-state index is 9.31. The smallest absolute Gasteiger partial charge is 0.109 e. The molecule has 0 aliphatic rings. The molecule has 0 amide bonds. The van der Waals surface area contributed by atoms with Crippen molar-refractivity contribution in [1.82, 2.24) is 9.78 Å². The van der Waals surface area contributed by atoms with Crippen LogP contribution in [0.25, 0.3) is 0 Å². The molecule has 11 heavy (non-hydrogen) atoms. The third-order valence-corrected chi connectivity index (χ3v) is 1.48. The van der Waals surface area contributed by atoms with E-state index in [0.717, 1.165) is 0 Å².